The number of ether oxygens (including phenoxy) is 7. The summed E-state index contributed by atoms with van der Waals surface area (Å²) in [7, 11) is 4.16. The molecule has 0 bridgehead atoms. The van der Waals surface area contributed by atoms with Crippen LogP contribution in [0.1, 0.15) is 47.9 Å². The highest BCUT2D eigenvalue weighted by Gasteiger charge is 2.38. The molecule has 0 aromatic heterocycles. The molecule has 80 heavy (non-hydrogen) atoms. The summed E-state index contributed by atoms with van der Waals surface area (Å²) in [4.78, 5) is 103. The highest BCUT2D eigenvalue weighted by atomic mass is 32.2. The minimum atomic E-state index is -1.76. The van der Waals surface area contributed by atoms with Gasteiger partial charge in [0, 0.05) is 23.0 Å². The maximum atomic E-state index is 13.2. The van der Waals surface area contributed by atoms with Gasteiger partial charge in [0.05, 0.1) is 47.0 Å². The fourth-order valence-electron chi connectivity index (χ4n) is 6.33. The minimum absolute atomic E-state index is 0.0435. The first-order valence-electron chi connectivity index (χ1n) is 24.0. The first-order valence-corrected chi connectivity index (χ1v) is 27.9. The number of carbonyl (C=O) groups excluding carboxylic acids is 8. The summed E-state index contributed by atoms with van der Waals surface area (Å²) >= 11 is 3.14. The van der Waals surface area contributed by atoms with Crippen LogP contribution in [0.25, 0.3) is 24.3 Å². The number of carbonyl (C=O) groups is 8. The van der Waals surface area contributed by atoms with Crippen LogP contribution in [-0.2, 0) is 57.3 Å². The van der Waals surface area contributed by atoms with Crippen molar-refractivity contribution in [1.29, 1.82) is 0 Å². The molecule has 0 aliphatic heterocycles. The van der Waals surface area contributed by atoms with Crippen molar-refractivity contribution >= 4 is 116 Å². The molecule has 0 heterocycles. The highest BCUT2D eigenvalue weighted by molar-refractivity contribution is 8.14. The molecule has 0 unspecified atom stereocenters. The molecule has 4 rings (SSSR count). The van der Waals surface area contributed by atoms with Gasteiger partial charge in [0.2, 0.25) is 20.5 Å². The zero-order valence-corrected chi connectivity index (χ0v) is 46.8. The van der Waals surface area contributed by atoms with Crippen molar-refractivity contribution in [2.45, 2.75) is 25.7 Å². The number of phenols is 5. The Kier molecular flexibility index (Phi) is 27.7. The third-order valence-corrected chi connectivity index (χ3v) is 13.9. The van der Waals surface area contributed by atoms with Crippen LogP contribution in [0, 0.1) is 5.41 Å². The van der Waals surface area contributed by atoms with Crippen LogP contribution in [0.2, 0.25) is 0 Å². The van der Waals surface area contributed by atoms with Gasteiger partial charge < -0.3 is 58.7 Å². The molecule has 0 atom stereocenters. The lowest BCUT2D eigenvalue weighted by Gasteiger charge is -2.31. The van der Waals surface area contributed by atoms with Gasteiger partial charge in [0.1, 0.15) is 31.8 Å². The number of phenolic OH excluding ortho intramolecular Hbond substituents is 5. The third-order valence-electron chi connectivity index (χ3n) is 10.6. The number of esters is 4. The van der Waals surface area contributed by atoms with E-state index in [2.05, 4.69) is 0 Å². The fourth-order valence-corrected chi connectivity index (χ4v) is 8.86. The number of rotatable bonds is 31. The van der Waals surface area contributed by atoms with E-state index in [1.807, 2.05) is 0 Å². The molecule has 24 heteroatoms. The number of hydrogen-bond donors (Lipinski definition) is 5. The summed E-state index contributed by atoms with van der Waals surface area (Å²) in [5.74, 6) is -3.95. The van der Waals surface area contributed by atoms with Crippen LogP contribution in [0.4, 0.5) is 0 Å². The van der Waals surface area contributed by atoms with Crippen LogP contribution >= 0.6 is 47.0 Å². The van der Waals surface area contributed by atoms with Gasteiger partial charge in [-0.1, -0.05) is 95.6 Å². The number of aromatic hydroxyl groups is 5. The van der Waals surface area contributed by atoms with E-state index in [1.165, 1.54) is 125 Å². The molecule has 0 aliphatic carbocycles. The molecule has 4 aromatic rings. The van der Waals surface area contributed by atoms with Crippen LogP contribution in [-0.4, -0.2) is 141 Å². The Morgan fingerprint density at radius 3 is 0.963 bits per heavy atom. The second-order valence-corrected chi connectivity index (χ2v) is 21.1. The lowest BCUT2D eigenvalue weighted by atomic mass is 9.92. The Labute approximate surface area is 477 Å². The maximum Gasteiger partial charge on any atom is 0.306 e. The van der Waals surface area contributed by atoms with E-state index < -0.39 is 76.2 Å². The van der Waals surface area contributed by atoms with E-state index in [0.717, 1.165) is 47.0 Å². The molecule has 0 amide bonds. The van der Waals surface area contributed by atoms with Crippen molar-refractivity contribution in [3.05, 3.63) is 119 Å². The van der Waals surface area contributed by atoms with Gasteiger partial charge >= 0.3 is 23.9 Å². The first-order chi connectivity index (χ1) is 38.3. The molecule has 0 spiro atoms. The first kappa shape index (κ1) is 64.7. The number of hydrogen-bond acceptors (Lipinski definition) is 24. The average molecular weight is 1180 g/mol. The van der Waals surface area contributed by atoms with Crippen LogP contribution in [0.15, 0.2) is 97.1 Å². The Balaban J connectivity index is 1.45. The largest absolute Gasteiger partial charge is 0.504 e. The van der Waals surface area contributed by atoms with Crippen molar-refractivity contribution in [1.82, 2.24) is 0 Å². The lowest BCUT2D eigenvalue weighted by molar-refractivity contribution is -0.170. The zero-order valence-electron chi connectivity index (χ0n) is 43.5. The van der Waals surface area contributed by atoms with Crippen molar-refractivity contribution in [3.63, 3.8) is 0 Å². The van der Waals surface area contributed by atoms with E-state index in [0.29, 0.717) is 22.3 Å². The molecule has 20 nitrogen and oxygen atoms in total. The summed E-state index contributed by atoms with van der Waals surface area (Å²) in [5, 5.41) is 47.5. The van der Waals surface area contributed by atoms with Crippen molar-refractivity contribution in [2.75, 3.05) is 70.8 Å². The van der Waals surface area contributed by atoms with Gasteiger partial charge in [0.25, 0.3) is 0 Å². The lowest BCUT2D eigenvalue weighted by Crippen LogP contribution is -2.44. The summed E-state index contributed by atoms with van der Waals surface area (Å²) in [5.41, 5.74) is 0.219. The van der Waals surface area contributed by atoms with E-state index in [4.69, 9.17) is 33.2 Å². The molecular formula is C56H58O20S4. The van der Waals surface area contributed by atoms with Gasteiger partial charge in [-0.2, -0.15) is 0 Å². The molecule has 5 N–H and O–H groups in total. The smallest absolute Gasteiger partial charge is 0.306 e. The molecule has 426 valence electrons. The molecule has 0 fully saturated rings. The molecule has 0 radical (unpaired) electrons. The molecule has 0 saturated carbocycles. The molecule has 0 aliphatic rings. The monoisotopic (exact) mass is 1180 g/mol. The number of methoxy groups -OCH3 is 3. The highest BCUT2D eigenvalue weighted by Crippen LogP contribution is 2.30. The number of benzene rings is 4. The Bertz CT molecular complexity index is 2850. The van der Waals surface area contributed by atoms with Crippen LogP contribution < -0.4 is 14.2 Å². The predicted molar refractivity (Wildman–Crippen MR) is 304 cm³/mol. The van der Waals surface area contributed by atoms with E-state index in [1.54, 1.807) is 18.2 Å². The van der Waals surface area contributed by atoms with Gasteiger partial charge in [0.15, 0.2) is 46.0 Å². The van der Waals surface area contributed by atoms with Crippen molar-refractivity contribution in [3.8, 4) is 46.0 Å². The van der Waals surface area contributed by atoms with Gasteiger partial charge in [-0.25, -0.2) is 0 Å². The SMILES string of the molecule is COc1ccc(/C=C/C(=O)SCCC(=O)OCC(COC(=O)CCSC(=O)/C=C/c2ccc(O)c(O)c2)(COC(=O)CCSC(=O)/C=C/c2ccc(OC)c(O)c2)COC(=O)CCSC(=O)/C=C/c2ccc(O)c(OC)c2)cc1O. The van der Waals surface area contributed by atoms with Crippen molar-refractivity contribution in [2.24, 2.45) is 5.41 Å². The number of thioether (sulfide) groups is 4. The molecule has 0 saturated heterocycles. The van der Waals surface area contributed by atoms with Gasteiger partial charge in [-0.05, 0) is 95.1 Å². The van der Waals surface area contributed by atoms with E-state index >= 15 is 0 Å². The predicted octanol–water partition coefficient (Wildman–Crippen LogP) is 8.15. The van der Waals surface area contributed by atoms with Gasteiger partial charge in [-0.3, -0.25) is 38.4 Å². The normalized spacial score (nSPS) is 11.4. The second-order valence-electron chi connectivity index (χ2n) is 16.7. The Hall–Kier alpha value is -7.80. The summed E-state index contributed by atoms with van der Waals surface area (Å²) in [6, 6.07) is 17.5. The maximum absolute atomic E-state index is 13.2. The summed E-state index contributed by atoms with van der Waals surface area (Å²) in [6.45, 7) is -2.66. The summed E-state index contributed by atoms with van der Waals surface area (Å²) < 4.78 is 37.5. The van der Waals surface area contributed by atoms with E-state index in [-0.39, 0.29) is 94.7 Å². The standard InChI is InChI=1S/C56H58O20S4/c1-70-45-14-6-37(29-43(45)60)9-17-53(67)78-25-21-49(63)74-33-56(32-73-48(62)20-24-77-52(66)16-8-36-4-12-40(57)42(59)28-36,34-75-50(64)22-26-79-54(68)18-10-38-7-15-46(71-2)44(61)30-38)35-76-51(65)23-27-80-55(69)19-11-39-5-13-41(58)47(31-39)72-3/h4-19,28-31,57-61H,20-27,32-35H2,1-3H3/b16-8+,17-9+,18-10+,19-11+. The van der Waals surface area contributed by atoms with Crippen molar-refractivity contribution < 1.29 is 97.0 Å². The Morgan fingerprint density at radius 1 is 0.375 bits per heavy atom. The summed E-state index contributed by atoms with van der Waals surface area (Å²) in [6.07, 6.45) is 9.51. The van der Waals surface area contributed by atoms with Gasteiger partial charge in [-0.15, -0.1) is 0 Å². The minimum Gasteiger partial charge on any atom is -0.504 e. The Morgan fingerprint density at radius 2 is 0.662 bits per heavy atom. The second kappa shape index (κ2) is 34.3. The molecular weight excluding hydrogens is 1120 g/mol. The van der Waals surface area contributed by atoms with Crippen LogP contribution in [0.3, 0.4) is 0 Å². The zero-order chi connectivity index (χ0) is 58.5. The molecule has 4 aromatic carbocycles. The average Bonchev–Trinajstić information content (AvgIpc) is 3.44. The quantitative estimate of drug-likeness (QED) is 0.0137. The fraction of sp³-hybridized carbons (Fsp3) is 0.286. The third kappa shape index (κ3) is 24.1. The topological polar surface area (TPSA) is 302 Å². The van der Waals surface area contributed by atoms with E-state index in [9.17, 15) is 63.9 Å². The van der Waals surface area contributed by atoms with Crippen LogP contribution in [0.5, 0.6) is 46.0 Å².